The van der Waals surface area contributed by atoms with Crippen LogP contribution in [0, 0.1) is 0 Å². The fourth-order valence-corrected chi connectivity index (χ4v) is 2.43. The summed E-state index contributed by atoms with van der Waals surface area (Å²) in [6.45, 7) is 8.31. The molecule has 1 saturated carbocycles. The Morgan fingerprint density at radius 3 is 2.19 bits per heavy atom. The highest BCUT2D eigenvalue weighted by Gasteiger charge is 2.33. The van der Waals surface area contributed by atoms with Crippen molar-refractivity contribution in [2.75, 3.05) is 13.1 Å². The summed E-state index contributed by atoms with van der Waals surface area (Å²) in [6.07, 6.45) is 5.30. The lowest BCUT2D eigenvalue weighted by Gasteiger charge is -2.36. The van der Waals surface area contributed by atoms with E-state index in [0.717, 1.165) is 6.04 Å². The molecule has 0 spiro atoms. The molecule has 1 unspecified atom stereocenters. The first-order valence-electron chi connectivity index (χ1n) is 6.69. The second-order valence-corrected chi connectivity index (χ2v) is 6.08. The van der Waals surface area contributed by atoms with Gasteiger partial charge < -0.3 is 15.3 Å². The highest BCUT2D eigenvalue weighted by Crippen LogP contribution is 2.29. The molecule has 2 N–H and O–H groups in total. The van der Waals surface area contributed by atoms with Gasteiger partial charge in [-0.25, -0.2) is 0 Å². The summed E-state index contributed by atoms with van der Waals surface area (Å²) in [5.41, 5.74) is -0.617. The van der Waals surface area contributed by atoms with Crippen molar-refractivity contribution in [3.63, 3.8) is 0 Å². The smallest absolute Gasteiger partial charge is 0.0741 e. The molecule has 0 bridgehead atoms. The van der Waals surface area contributed by atoms with Crippen LogP contribution in [0.4, 0.5) is 0 Å². The summed E-state index contributed by atoms with van der Waals surface area (Å²) >= 11 is 0. The summed E-state index contributed by atoms with van der Waals surface area (Å²) in [4.78, 5) is 2.63. The molecule has 3 heteroatoms. The van der Waals surface area contributed by atoms with Crippen molar-refractivity contribution in [3.05, 3.63) is 0 Å². The summed E-state index contributed by atoms with van der Waals surface area (Å²) in [6, 6.07) is 1.68. The van der Waals surface area contributed by atoms with Crippen LogP contribution in [0.1, 0.15) is 46.5 Å². The monoisotopic (exact) mass is 226 g/mol. The molecule has 1 aliphatic heterocycles. The van der Waals surface area contributed by atoms with E-state index in [9.17, 15) is 5.11 Å². The van der Waals surface area contributed by atoms with Gasteiger partial charge in [0.1, 0.15) is 0 Å². The van der Waals surface area contributed by atoms with Gasteiger partial charge in [-0.15, -0.1) is 0 Å². The van der Waals surface area contributed by atoms with E-state index < -0.39 is 5.60 Å². The average Bonchev–Trinajstić information content (AvgIpc) is 3.01. The molecule has 16 heavy (non-hydrogen) atoms. The Bertz CT molecular complexity index is 225. The number of hydrogen-bond acceptors (Lipinski definition) is 3. The Kier molecular flexibility index (Phi) is 3.57. The summed E-state index contributed by atoms with van der Waals surface area (Å²) in [5, 5.41) is 13.5. The standard InChI is InChI=1S/C13H26N2O/c1-10(13(2,3)16)14-11-6-8-15(9-7-11)12-4-5-12/h10-12,14,16H,4-9H2,1-3H3. The summed E-state index contributed by atoms with van der Waals surface area (Å²) in [7, 11) is 0. The van der Waals surface area contributed by atoms with Crippen LogP contribution in [0.3, 0.4) is 0 Å². The molecule has 0 aromatic heterocycles. The molecule has 94 valence electrons. The second kappa shape index (κ2) is 4.63. The lowest BCUT2D eigenvalue weighted by atomic mass is 9.97. The molecule has 0 aromatic carbocycles. The molecule has 3 nitrogen and oxygen atoms in total. The van der Waals surface area contributed by atoms with Crippen LogP contribution in [-0.2, 0) is 0 Å². The van der Waals surface area contributed by atoms with Crippen molar-refractivity contribution in [1.29, 1.82) is 0 Å². The maximum Gasteiger partial charge on any atom is 0.0741 e. The third-order valence-corrected chi connectivity index (χ3v) is 4.14. The molecule has 1 atom stereocenters. The number of rotatable bonds is 4. The summed E-state index contributed by atoms with van der Waals surface area (Å²) in [5.74, 6) is 0. The van der Waals surface area contributed by atoms with Gasteiger partial charge in [0, 0.05) is 18.1 Å². The van der Waals surface area contributed by atoms with E-state index in [2.05, 4.69) is 17.1 Å². The van der Waals surface area contributed by atoms with Crippen LogP contribution < -0.4 is 5.32 Å². The Labute approximate surface area is 99.2 Å². The van der Waals surface area contributed by atoms with Crippen molar-refractivity contribution in [1.82, 2.24) is 10.2 Å². The SMILES string of the molecule is CC(NC1CCN(C2CC2)CC1)C(C)(C)O. The van der Waals surface area contributed by atoms with Gasteiger partial charge in [0.05, 0.1) is 5.60 Å². The van der Waals surface area contributed by atoms with Gasteiger partial charge in [-0.2, -0.15) is 0 Å². The number of aliphatic hydroxyl groups is 1. The maximum atomic E-state index is 9.89. The van der Waals surface area contributed by atoms with Gasteiger partial charge in [0.15, 0.2) is 0 Å². The van der Waals surface area contributed by atoms with Crippen LogP contribution in [0.25, 0.3) is 0 Å². The van der Waals surface area contributed by atoms with E-state index >= 15 is 0 Å². The first kappa shape index (κ1) is 12.3. The minimum atomic E-state index is -0.617. The molecule has 1 saturated heterocycles. The number of hydrogen-bond donors (Lipinski definition) is 2. The van der Waals surface area contributed by atoms with Crippen molar-refractivity contribution >= 4 is 0 Å². The Hall–Kier alpha value is -0.120. The van der Waals surface area contributed by atoms with Crippen LogP contribution in [0.15, 0.2) is 0 Å². The molecular formula is C13H26N2O. The van der Waals surface area contributed by atoms with Gasteiger partial charge >= 0.3 is 0 Å². The van der Waals surface area contributed by atoms with Gasteiger partial charge in [0.2, 0.25) is 0 Å². The first-order chi connectivity index (χ1) is 7.47. The number of nitrogens with one attached hydrogen (secondary N) is 1. The number of nitrogens with zero attached hydrogens (tertiary/aromatic N) is 1. The Morgan fingerprint density at radius 1 is 1.19 bits per heavy atom. The molecule has 2 aliphatic rings. The third-order valence-electron chi connectivity index (χ3n) is 4.14. The lowest BCUT2D eigenvalue weighted by Crippen LogP contribution is -2.52. The fraction of sp³-hybridized carbons (Fsp3) is 1.00. The minimum absolute atomic E-state index is 0.171. The van der Waals surface area contributed by atoms with Crippen LogP contribution >= 0.6 is 0 Å². The van der Waals surface area contributed by atoms with Crippen LogP contribution in [-0.4, -0.2) is 46.8 Å². The zero-order valence-electron chi connectivity index (χ0n) is 10.9. The quantitative estimate of drug-likeness (QED) is 0.760. The van der Waals surface area contributed by atoms with Crippen molar-refractivity contribution in [2.24, 2.45) is 0 Å². The van der Waals surface area contributed by atoms with Gasteiger partial charge in [-0.05, 0) is 59.5 Å². The van der Waals surface area contributed by atoms with E-state index in [1.807, 2.05) is 13.8 Å². The van der Waals surface area contributed by atoms with E-state index in [-0.39, 0.29) is 6.04 Å². The molecule has 1 heterocycles. The first-order valence-corrected chi connectivity index (χ1v) is 6.69. The molecule has 2 fully saturated rings. The Balaban J connectivity index is 1.72. The zero-order chi connectivity index (χ0) is 11.8. The predicted molar refractivity (Wildman–Crippen MR) is 66.5 cm³/mol. The minimum Gasteiger partial charge on any atom is -0.389 e. The largest absolute Gasteiger partial charge is 0.389 e. The molecule has 2 rings (SSSR count). The lowest BCUT2D eigenvalue weighted by molar-refractivity contribution is 0.0350. The molecule has 0 amide bonds. The van der Waals surface area contributed by atoms with Crippen LogP contribution in [0.2, 0.25) is 0 Å². The topological polar surface area (TPSA) is 35.5 Å². The molecular weight excluding hydrogens is 200 g/mol. The van der Waals surface area contributed by atoms with E-state index in [4.69, 9.17) is 0 Å². The zero-order valence-corrected chi connectivity index (χ0v) is 10.9. The third kappa shape index (κ3) is 3.19. The van der Waals surface area contributed by atoms with Crippen LogP contribution in [0.5, 0.6) is 0 Å². The van der Waals surface area contributed by atoms with Crippen molar-refractivity contribution in [3.8, 4) is 0 Å². The van der Waals surface area contributed by atoms with E-state index in [1.165, 1.54) is 38.8 Å². The predicted octanol–water partition coefficient (Wildman–Crippen LogP) is 1.36. The number of piperidine rings is 1. The van der Waals surface area contributed by atoms with Gasteiger partial charge in [0.25, 0.3) is 0 Å². The highest BCUT2D eigenvalue weighted by molar-refractivity contribution is 4.90. The van der Waals surface area contributed by atoms with Gasteiger partial charge in [-0.1, -0.05) is 0 Å². The van der Waals surface area contributed by atoms with E-state index in [1.54, 1.807) is 0 Å². The summed E-state index contributed by atoms with van der Waals surface area (Å²) < 4.78 is 0. The maximum absolute atomic E-state index is 9.89. The fourth-order valence-electron chi connectivity index (χ4n) is 2.43. The van der Waals surface area contributed by atoms with Crippen molar-refractivity contribution < 1.29 is 5.11 Å². The molecule has 1 aliphatic carbocycles. The Morgan fingerprint density at radius 2 is 1.75 bits per heavy atom. The average molecular weight is 226 g/mol. The second-order valence-electron chi connectivity index (χ2n) is 6.08. The molecule has 0 radical (unpaired) electrons. The van der Waals surface area contributed by atoms with Crippen molar-refractivity contribution in [2.45, 2.75) is 70.2 Å². The van der Waals surface area contributed by atoms with E-state index in [0.29, 0.717) is 6.04 Å². The normalized spacial score (nSPS) is 27.0. The highest BCUT2D eigenvalue weighted by atomic mass is 16.3. The number of likely N-dealkylation sites (tertiary alicyclic amines) is 1. The molecule has 0 aromatic rings. The van der Waals surface area contributed by atoms with Gasteiger partial charge in [-0.3, -0.25) is 0 Å².